The zero-order chi connectivity index (χ0) is 15.7. The van der Waals surface area contributed by atoms with E-state index in [0.29, 0.717) is 17.9 Å². The number of anilines is 1. The van der Waals surface area contributed by atoms with Crippen LogP contribution in [0.25, 0.3) is 0 Å². The minimum Gasteiger partial charge on any atom is -0.314 e. The van der Waals surface area contributed by atoms with E-state index in [1.165, 1.54) is 38.5 Å². The lowest BCUT2D eigenvalue weighted by atomic mass is 9.80. The van der Waals surface area contributed by atoms with Crippen molar-refractivity contribution in [3.8, 4) is 0 Å². The van der Waals surface area contributed by atoms with Crippen LogP contribution in [-0.2, 0) is 0 Å². The summed E-state index contributed by atoms with van der Waals surface area (Å²) in [5.41, 5.74) is 4.46. The normalized spacial score (nSPS) is 31.1. The van der Waals surface area contributed by atoms with E-state index < -0.39 is 0 Å². The Morgan fingerprint density at radius 3 is 2.96 bits per heavy atom. The standard InChI is InChI=1S/C16H20N8/c1-2-4-13-11(3-1)15-19-20-16(24(15)14-7-17-9-22(13)14)23-8-12(18-21-23)10-5-6-10/h7-11,13,15,19H,1-6H2. The van der Waals surface area contributed by atoms with Crippen LogP contribution in [0.15, 0.2) is 23.8 Å². The van der Waals surface area contributed by atoms with Gasteiger partial charge in [-0.2, -0.15) is 4.68 Å². The van der Waals surface area contributed by atoms with Gasteiger partial charge in [0.05, 0.1) is 24.4 Å². The number of rotatable bonds is 1. The molecule has 2 aliphatic carbocycles. The van der Waals surface area contributed by atoms with Crippen molar-refractivity contribution in [1.29, 1.82) is 0 Å². The van der Waals surface area contributed by atoms with Crippen molar-refractivity contribution in [2.24, 2.45) is 11.0 Å². The van der Waals surface area contributed by atoms with Crippen molar-refractivity contribution in [3.05, 3.63) is 24.4 Å². The Hall–Kier alpha value is -2.38. The van der Waals surface area contributed by atoms with E-state index >= 15 is 0 Å². The summed E-state index contributed by atoms with van der Waals surface area (Å²) in [6.07, 6.45) is 13.7. The molecule has 3 atom stereocenters. The van der Waals surface area contributed by atoms with Crippen LogP contribution in [0.1, 0.15) is 56.2 Å². The lowest BCUT2D eigenvalue weighted by Gasteiger charge is -2.45. The molecule has 0 amide bonds. The quantitative estimate of drug-likeness (QED) is 0.863. The summed E-state index contributed by atoms with van der Waals surface area (Å²) in [6.45, 7) is 0. The summed E-state index contributed by atoms with van der Waals surface area (Å²) >= 11 is 0. The fourth-order valence-corrected chi connectivity index (χ4v) is 4.59. The van der Waals surface area contributed by atoms with Gasteiger partial charge in [-0.05, 0) is 25.7 Å². The topological polar surface area (TPSA) is 76.2 Å². The van der Waals surface area contributed by atoms with Gasteiger partial charge in [-0.25, -0.2) is 4.98 Å². The zero-order valence-electron chi connectivity index (χ0n) is 13.4. The first kappa shape index (κ1) is 13.0. The summed E-state index contributed by atoms with van der Waals surface area (Å²) in [5, 5.41) is 13.3. The van der Waals surface area contributed by atoms with Gasteiger partial charge in [-0.1, -0.05) is 18.1 Å². The zero-order valence-corrected chi connectivity index (χ0v) is 13.4. The van der Waals surface area contributed by atoms with Gasteiger partial charge in [0.1, 0.15) is 12.0 Å². The van der Waals surface area contributed by atoms with Crippen LogP contribution in [0.2, 0.25) is 0 Å². The van der Waals surface area contributed by atoms with Crippen LogP contribution >= 0.6 is 0 Å². The maximum absolute atomic E-state index is 4.62. The molecule has 8 nitrogen and oxygen atoms in total. The SMILES string of the molecule is c1ncn2c1N1C(n3cc(C4CC4)nn3)=NNC1C1CCCCC12. The van der Waals surface area contributed by atoms with E-state index in [9.17, 15) is 0 Å². The minimum absolute atomic E-state index is 0.197. The van der Waals surface area contributed by atoms with Gasteiger partial charge in [-0.3, -0.25) is 10.3 Å². The highest BCUT2D eigenvalue weighted by Crippen LogP contribution is 2.45. The van der Waals surface area contributed by atoms with Gasteiger partial charge in [-0.15, -0.1) is 10.2 Å². The predicted molar refractivity (Wildman–Crippen MR) is 87.5 cm³/mol. The largest absolute Gasteiger partial charge is 0.314 e. The van der Waals surface area contributed by atoms with E-state index in [1.807, 2.05) is 23.4 Å². The first-order chi connectivity index (χ1) is 11.9. The van der Waals surface area contributed by atoms with Crippen molar-refractivity contribution in [3.63, 3.8) is 0 Å². The van der Waals surface area contributed by atoms with Gasteiger partial charge < -0.3 is 4.57 Å². The smallest absolute Gasteiger partial charge is 0.252 e. The van der Waals surface area contributed by atoms with Crippen molar-refractivity contribution < 1.29 is 0 Å². The van der Waals surface area contributed by atoms with Gasteiger partial charge in [0.2, 0.25) is 0 Å². The van der Waals surface area contributed by atoms with E-state index in [4.69, 9.17) is 0 Å². The molecule has 3 unspecified atom stereocenters. The van der Waals surface area contributed by atoms with Crippen LogP contribution < -0.4 is 10.3 Å². The number of nitrogens with zero attached hydrogens (tertiary/aromatic N) is 7. The molecule has 2 aliphatic heterocycles. The van der Waals surface area contributed by atoms with Gasteiger partial charge in [0, 0.05) is 17.9 Å². The fraction of sp³-hybridized carbons (Fsp3) is 0.625. The molecule has 124 valence electrons. The monoisotopic (exact) mass is 324 g/mol. The highest BCUT2D eigenvalue weighted by molar-refractivity contribution is 5.98. The molecule has 0 saturated heterocycles. The molecule has 6 rings (SSSR count). The molecule has 1 N–H and O–H groups in total. The minimum atomic E-state index is 0.197. The van der Waals surface area contributed by atoms with Crippen molar-refractivity contribution in [2.75, 3.05) is 4.90 Å². The summed E-state index contributed by atoms with van der Waals surface area (Å²) < 4.78 is 4.16. The van der Waals surface area contributed by atoms with E-state index in [0.717, 1.165) is 17.5 Å². The highest BCUT2D eigenvalue weighted by atomic mass is 15.6. The molecular formula is C16H20N8. The Morgan fingerprint density at radius 1 is 1.12 bits per heavy atom. The molecule has 2 aromatic heterocycles. The van der Waals surface area contributed by atoms with Gasteiger partial charge in [0.25, 0.3) is 5.96 Å². The average molecular weight is 324 g/mol. The van der Waals surface area contributed by atoms with E-state index in [2.05, 4.69) is 35.3 Å². The van der Waals surface area contributed by atoms with Crippen molar-refractivity contribution in [2.45, 2.75) is 56.7 Å². The Labute approximate surface area is 139 Å². The highest BCUT2D eigenvalue weighted by Gasteiger charge is 2.47. The predicted octanol–water partition coefficient (Wildman–Crippen LogP) is 1.65. The molecule has 4 aliphatic rings. The Kier molecular flexibility index (Phi) is 2.48. The molecular weight excluding hydrogens is 304 g/mol. The third kappa shape index (κ3) is 1.68. The third-order valence-electron chi connectivity index (χ3n) is 5.94. The first-order valence-electron chi connectivity index (χ1n) is 8.97. The number of fused-ring (bicyclic) bond motifs is 6. The summed E-state index contributed by atoms with van der Waals surface area (Å²) in [4.78, 5) is 6.67. The molecule has 4 heterocycles. The Balaban J connectivity index is 1.42. The van der Waals surface area contributed by atoms with Crippen LogP contribution in [0, 0.1) is 5.92 Å². The van der Waals surface area contributed by atoms with Gasteiger partial charge >= 0.3 is 0 Å². The number of hydrogen-bond donors (Lipinski definition) is 1. The molecule has 2 aromatic rings. The fourth-order valence-electron chi connectivity index (χ4n) is 4.59. The van der Waals surface area contributed by atoms with Gasteiger partial charge in [0.15, 0.2) is 0 Å². The summed E-state index contributed by atoms with van der Waals surface area (Å²) in [6, 6.07) is 0.525. The lowest BCUT2D eigenvalue weighted by Crippen LogP contribution is -2.54. The Morgan fingerprint density at radius 2 is 2.04 bits per heavy atom. The van der Waals surface area contributed by atoms with Crippen molar-refractivity contribution >= 4 is 11.8 Å². The lowest BCUT2D eigenvalue weighted by molar-refractivity contribution is 0.175. The molecule has 2 fully saturated rings. The first-order valence-corrected chi connectivity index (χ1v) is 8.97. The van der Waals surface area contributed by atoms with Crippen molar-refractivity contribution in [1.82, 2.24) is 30.0 Å². The molecule has 24 heavy (non-hydrogen) atoms. The number of hydrazone groups is 1. The van der Waals surface area contributed by atoms with E-state index in [1.54, 1.807) is 0 Å². The third-order valence-corrected chi connectivity index (χ3v) is 5.94. The second-order valence-electron chi connectivity index (χ2n) is 7.39. The summed E-state index contributed by atoms with van der Waals surface area (Å²) in [7, 11) is 0. The number of nitrogens with one attached hydrogen (secondary N) is 1. The maximum atomic E-state index is 4.62. The maximum Gasteiger partial charge on any atom is 0.252 e. The van der Waals surface area contributed by atoms with Crippen LogP contribution in [0.5, 0.6) is 0 Å². The summed E-state index contributed by atoms with van der Waals surface area (Å²) in [5.74, 6) is 3.06. The number of aromatic nitrogens is 5. The van der Waals surface area contributed by atoms with Crippen LogP contribution in [-0.4, -0.2) is 36.7 Å². The molecule has 0 bridgehead atoms. The van der Waals surface area contributed by atoms with Crippen LogP contribution in [0.3, 0.4) is 0 Å². The Bertz CT molecular complexity index is 816. The number of hydrogen-bond acceptors (Lipinski definition) is 6. The molecule has 2 saturated carbocycles. The molecule has 0 aromatic carbocycles. The number of imidazole rings is 1. The van der Waals surface area contributed by atoms with E-state index in [-0.39, 0.29) is 6.17 Å². The second-order valence-corrected chi connectivity index (χ2v) is 7.39. The second kappa shape index (κ2) is 4.58. The molecule has 8 heteroatoms. The molecule has 0 spiro atoms. The van der Waals surface area contributed by atoms with Crippen LogP contribution in [0.4, 0.5) is 5.82 Å². The average Bonchev–Trinajstić information content (AvgIpc) is 3.05. The molecule has 0 radical (unpaired) electrons.